The van der Waals surface area contributed by atoms with Gasteiger partial charge in [-0.05, 0) is 13.8 Å². The van der Waals surface area contributed by atoms with Crippen LogP contribution in [-0.2, 0) is 5.41 Å². The van der Waals surface area contributed by atoms with Crippen molar-refractivity contribution in [1.82, 2.24) is 15.2 Å². The van der Waals surface area contributed by atoms with Gasteiger partial charge >= 0.3 is 0 Å². The third kappa shape index (κ3) is 2.72. The van der Waals surface area contributed by atoms with Crippen molar-refractivity contribution in [3.8, 4) is 0 Å². The number of nitrogens with zero attached hydrogens (tertiary/aromatic N) is 2. The molecule has 0 radical (unpaired) electrons. The number of anilines is 1. The quantitative estimate of drug-likeness (QED) is 0.889. The van der Waals surface area contributed by atoms with Crippen molar-refractivity contribution in [2.24, 2.45) is 0 Å². The fraction of sp³-hybridized carbons (Fsp3) is 0.538. The fourth-order valence-corrected chi connectivity index (χ4v) is 2.90. The van der Waals surface area contributed by atoms with Crippen LogP contribution in [0.4, 0.5) is 5.69 Å². The molecule has 18 heavy (non-hydrogen) atoms. The van der Waals surface area contributed by atoms with Gasteiger partial charge in [0.05, 0.1) is 28.6 Å². The van der Waals surface area contributed by atoms with Crippen LogP contribution >= 0.6 is 11.3 Å². The molecular weight excluding hydrogens is 244 g/mol. The molecular formula is C13H20N4S. The summed E-state index contributed by atoms with van der Waals surface area (Å²) in [7, 11) is 0. The number of H-pyrrole nitrogens is 1. The Hall–Kier alpha value is -1.36. The maximum absolute atomic E-state index is 4.69. The Balaban J connectivity index is 2.20. The van der Waals surface area contributed by atoms with Crippen LogP contribution in [0.1, 0.15) is 49.3 Å². The fourth-order valence-electron chi connectivity index (χ4n) is 1.78. The summed E-state index contributed by atoms with van der Waals surface area (Å²) >= 11 is 1.79. The number of hydrogen-bond donors (Lipinski definition) is 2. The molecule has 0 aliphatic rings. The summed E-state index contributed by atoms with van der Waals surface area (Å²) in [5, 5.41) is 11.4. The van der Waals surface area contributed by atoms with Crippen LogP contribution in [0.5, 0.6) is 0 Å². The topological polar surface area (TPSA) is 53.6 Å². The van der Waals surface area contributed by atoms with Crippen molar-refractivity contribution in [3.63, 3.8) is 0 Å². The zero-order chi connectivity index (χ0) is 13.3. The number of aromatic nitrogens is 3. The van der Waals surface area contributed by atoms with Crippen molar-refractivity contribution in [2.45, 2.75) is 46.1 Å². The first-order valence-corrected chi connectivity index (χ1v) is 6.92. The van der Waals surface area contributed by atoms with E-state index in [1.165, 1.54) is 9.88 Å². The van der Waals surface area contributed by atoms with Gasteiger partial charge in [-0.3, -0.25) is 5.10 Å². The lowest BCUT2D eigenvalue weighted by atomic mass is 9.98. The van der Waals surface area contributed by atoms with Gasteiger partial charge in [0, 0.05) is 16.5 Å². The second kappa shape index (κ2) is 4.72. The van der Waals surface area contributed by atoms with Gasteiger partial charge in [0.1, 0.15) is 0 Å². The van der Waals surface area contributed by atoms with Gasteiger partial charge in [-0.1, -0.05) is 20.8 Å². The van der Waals surface area contributed by atoms with E-state index >= 15 is 0 Å². The number of thiazole rings is 1. The molecule has 2 rings (SSSR count). The maximum Gasteiger partial charge on any atom is 0.0985 e. The van der Waals surface area contributed by atoms with Gasteiger partial charge in [-0.2, -0.15) is 5.10 Å². The molecule has 0 spiro atoms. The van der Waals surface area contributed by atoms with Gasteiger partial charge in [-0.15, -0.1) is 11.3 Å². The molecule has 0 aromatic carbocycles. The molecule has 0 amide bonds. The monoisotopic (exact) mass is 264 g/mol. The standard InChI is InChI=1S/C13H20N4S/c1-8(16-10-6-14-15-7-10)11-9(2)17-12(18-11)13(3,4)5/h6-8,16H,1-5H3,(H,14,15). The van der Waals surface area contributed by atoms with Crippen molar-refractivity contribution in [1.29, 1.82) is 0 Å². The average Bonchev–Trinajstić information content (AvgIpc) is 2.85. The maximum atomic E-state index is 4.69. The predicted octanol–water partition coefficient (Wildman–Crippen LogP) is 3.65. The highest BCUT2D eigenvalue weighted by molar-refractivity contribution is 7.12. The van der Waals surface area contributed by atoms with Crippen LogP contribution in [0.25, 0.3) is 0 Å². The molecule has 0 aliphatic carbocycles. The Morgan fingerprint density at radius 3 is 2.61 bits per heavy atom. The SMILES string of the molecule is Cc1nc(C(C)(C)C)sc1C(C)Nc1cn[nH]c1. The van der Waals surface area contributed by atoms with Gasteiger partial charge < -0.3 is 5.32 Å². The van der Waals surface area contributed by atoms with E-state index < -0.39 is 0 Å². The van der Waals surface area contributed by atoms with Crippen LogP contribution in [0.3, 0.4) is 0 Å². The molecule has 5 heteroatoms. The molecule has 98 valence electrons. The molecule has 0 fully saturated rings. The van der Waals surface area contributed by atoms with Gasteiger partial charge in [0.25, 0.3) is 0 Å². The summed E-state index contributed by atoms with van der Waals surface area (Å²) in [5.41, 5.74) is 2.24. The van der Waals surface area contributed by atoms with E-state index in [4.69, 9.17) is 0 Å². The highest BCUT2D eigenvalue weighted by Gasteiger charge is 2.22. The number of nitrogens with one attached hydrogen (secondary N) is 2. The predicted molar refractivity (Wildman–Crippen MR) is 76.2 cm³/mol. The Kier molecular flexibility index (Phi) is 3.43. The first-order valence-electron chi connectivity index (χ1n) is 6.11. The van der Waals surface area contributed by atoms with E-state index in [2.05, 4.69) is 55.1 Å². The first kappa shape index (κ1) is 13.1. The van der Waals surface area contributed by atoms with E-state index in [1.54, 1.807) is 17.5 Å². The minimum atomic E-state index is 0.114. The van der Waals surface area contributed by atoms with Gasteiger partial charge in [-0.25, -0.2) is 4.98 Å². The number of aromatic amines is 1. The van der Waals surface area contributed by atoms with E-state index in [9.17, 15) is 0 Å². The van der Waals surface area contributed by atoms with E-state index in [0.717, 1.165) is 11.4 Å². The molecule has 0 bridgehead atoms. The Bertz CT molecular complexity index is 508. The summed E-state index contributed by atoms with van der Waals surface area (Å²) in [4.78, 5) is 5.98. The summed E-state index contributed by atoms with van der Waals surface area (Å²) < 4.78 is 0. The first-order chi connectivity index (χ1) is 8.38. The van der Waals surface area contributed by atoms with Crippen LogP contribution in [0.15, 0.2) is 12.4 Å². The lowest BCUT2D eigenvalue weighted by Crippen LogP contribution is -2.10. The van der Waals surface area contributed by atoms with Crippen molar-refractivity contribution >= 4 is 17.0 Å². The van der Waals surface area contributed by atoms with Gasteiger partial charge in [0.2, 0.25) is 0 Å². The Labute approximate surface area is 112 Å². The van der Waals surface area contributed by atoms with Crippen molar-refractivity contribution < 1.29 is 0 Å². The Morgan fingerprint density at radius 1 is 1.39 bits per heavy atom. The van der Waals surface area contributed by atoms with Crippen molar-refractivity contribution in [2.75, 3.05) is 5.32 Å². The minimum absolute atomic E-state index is 0.114. The Morgan fingerprint density at radius 2 is 2.11 bits per heavy atom. The summed E-state index contributed by atoms with van der Waals surface area (Å²) in [6.45, 7) is 10.8. The molecule has 0 saturated carbocycles. The minimum Gasteiger partial charge on any atom is -0.375 e. The molecule has 1 unspecified atom stereocenters. The highest BCUT2D eigenvalue weighted by Crippen LogP contribution is 2.33. The van der Waals surface area contributed by atoms with Crippen molar-refractivity contribution in [3.05, 3.63) is 28.0 Å². The van der Waals surface area contributed by atoms with E-state index in [0.29, 0.717) is 0 Å². The largest absolute Gasteiger partial charge is 0.375 e. The van der Waals surface area contributed by atoms with Crippen LogP contribution in [0, 0.1) is 6.92 Å². The van der Waals surface area contributed by atoms with Gasteiger partial charge in [0.15, 0.2) is 0 Å². The summed E-state index contributed by atoms with van der Waals surface area (Å²) in [5.74, 6) is 0. The summed E-state index contributed by atoms with van der Waals surface area (Å²) in [6, 6.07) is 0.246. The highest BCUT2D eigenvalue weighted by atomic mass is 32.1. The molecule has 2 heterocycles. The molecule has 0 aliphatic heterocycles. The average molecular weight is 264 g/mol. The summed E-state index contributed by atoms with van der Waals surface area (Å²) in [6.07, 6.45) is 3.65. The third-order valence-corrected chi connectivity index (χ3v) is 4.51. The molecule has 2 aromatic heterocycles. The molecule has 2 aromatic rings. The number of hydrogen-bond acceptors (Lipinski definition) is 4. The number of aryl methyl sites for hydroxylation is 1. The van der Waals surface area contributed by atoms with Crippen LogP contribution in [-0.4, -0.2) is 15.2 Å². The van der Waals surface area contributed by atoms with Crippen LogP contribution in [0.2, 0.25) is 0 Å². The normalized spacial score (nSPS) is 13.6. The lowest BCUT2D eigenvalue weighted by Gasteiger charge is -2.14. The zero-order valence-electron chi connectivity index (χ0n) is 11.5. The molecule has 4 nitrogen and oxygen atoms in total. The van der Waals surface area contributed by atoms with E-state index in [1.807, 2.05) is 6.20 Å². The molecule has 0 saturated heterocycles. The molecule has 1 atom stereocenters. The second-order valence-electron chi connectivity index (χ2n) is 5.57. The van der Waals surface area contributed by atoms with E-state index in [-0.39, 0.29) is 11.5 Å². The number of rotatable bonds is 3. The third-order valence-electron chi connectivity index (χ3n) is 2.75. The zero-order valence-corrected chi connectivity index (χ0v) is 12.4. The smallest absolute Gasteiger partial charge is 0.0985 e. The second-order valence-corrected chi connectivity index (χ2v) is 6.60. The molecule has 2 N–H and O–H groups in total. The van der Waals surface area contributed by atoms with Crippen LogP contribution < -0.4 is 5.32 Å². The lowest BCUT2D eigenvalue weighted by molar-refractivity contribution is 0.584.